The van der Waals surface area contributed by atoms with Crippen molar-refractivity contribution in [3.05, 3.63) is 11.6 Å². The maximum atomic E-state index is 11.3. The van der Waals surface area contributed by atoms with E-state index >= 15 is 0 Å². The fourth-order valence-corrected chi connectivity index (χ4v) is 2.13. The predicted octanol–water partition coefficient (Wildman–Crippen LogP) is 2.05. The van der Waals surface area contributed by atoms with E-state index in [1.807, 2.05) is 6.92 Å². The Bertz CT molecular complexity index is 233. The zero-order valence-corrected chi connectivity index (χ0v) is 9.37. The second kappa shape index (κ2) is 6.62. The lowest BCUT2D eigenvalue weighted by Crippen LogP contribution is -2.04. The van der Waals surface area contributed by atoms with Crippen LogP contribution in [0.2, 0.25) is 0 Å². The lowest BCUT2D eigenvalue weighted by molar-refractivity contribution is -0.137. The van der Waals surface area contributed by atoms with Crippen LogP contribution in [0.5, 0.6) is 0 Å². The van der Waals surface area contributed by atoms with Crippen LogP contribution in [-0.2, 0) is 9.53 Å². The lowest BCUT2D eigenvalue weighted by Gasteiger charge is -2.10. The van der Waals surface area contributed by atoms with E-state index in [0.29, 0.717) is 12.5 Å². The van der Waals surface area contributed by atoms with Crippen molar-refractivity contribution < 1.29 is 14.6 Å². The molecular weight excluding hydrogens is 192 g/mol. The minimum atomic E-state index is -0.219. The van der Waals surface area contributed by atoms with Crippen LogP contribution in [0.3, 0.4) is 0 Å². The van der Waals surface area contributed by atoms with E-state index in [9.17, 15) is 4.79 Å². The van der Waals surface area contributed by atoms with Gasteiger partial charge in [0.15, 0.2) is 0 Å². The number of aliphatic hydroxyl groups is 1. The molecule has 0 spiro atoms. The first-order valence-electron chi connectivity index (χ1n) is 5.76. The first-order chi connectivity index (χ1) is 7.27. The first-order valence-corrected chi connectivity index (χ1v) is 5.76. The molecule has 86 valence electrons. The second-order valence-electron chi connectivity index (χ2n) is 3.93. The van der Waals surface area contributed by atoms with Crippen molar-refractivity contribution >= 4 is 5.97 Å². The fourth-order valence-electron chi connectivity index (χ4n) is 2.13. The highest BCUT2D eigenvalue weighted by atomic mass is 16.5. The third-order valence-electron chi connectivity index (χ3n) is 2.84. The van der Waals surface area contributed by atoms with Crippen molar-refractivity contribution in [2.24, 2.45) is 5.92 Å². The molecular formula is C12H20O3. The number of hydrogen-bond acceptors (Lipinski definition) is 3. The maximum absolute atomic E-state index is 11.3. The number of esters is 1. The van der Waals surface area contributed by atoms with E-state index in [2.05, 4.69) is 0 Å². The van der Waals surface area contributed by atoms with Crippen molar-refractivity contribution in [3.8, 4) is 0 Å². The van der Waals surface area contributed by atoms with Gasteiger partial charge >= 0.3 is 5.97 Å². The second-order valence-corrected chi connectivity index (χ2v) is 3.93. The lowest BCUT2D eigenvalue weighted by atomic mass is 9.97. The minimum Gasteiger partial charge on any atom is -0.463 e. The van der Waals surface area contributed by atoms with Gasteiger partial charge in [0.2, 0.25) is 0 Å². The van der Waals surface area contributed by atoms with E-state index < -0.39 is 0 Å². The summed E-state index contributed by atoms with van der Waals surface area (Å²) in [5.74, 6) is 0.268. The molecule has 0 aromatic rings. The Morgan fingerprint density at radius 2 is 2.47 bits per heavy atom. The Balaban J connectivity index is 2.47. The molecule has 0 aromatic carbocycles. The van der Waals surface area contributed by atoms with Gasteiger partial charge in [0.25, 0.3) is 0 Å². The Morgan fingerprint density at radius 1 is 1.67 bits per heavy atom. The Kier molecular flexibility index (Phi) is 5.40. The zero-order valence-electron chi connectivity index (χ0n) is 9.37. The third-order valence-corrected chi connectivity index (χ3v) is 2.84. The van der Waals surface area contributed by atoms with Crippen molar-refractivity contribution in [2.75, 3.05) is 13.2 Å². The van der Waals surface area contributed by atoms with E-state index in [1.165, 1.54) is 5.57 Å². The Labute approximate surface area is 91.1 Å². The summed E-state index contributed by atoms with van der Waals surface area (Å²) in [5.41, 5.74) is 1.21. The van der Waals surface area contributed by atoms with Crippen molar-refractivity contribution in [2.45, 2.75) is 39.0 Å². The number of ether oxygens (including phenoxy) is 1. The molecule has 1 aliphatic carbocycles. The van der Waals surface area contributed by atoms with Gasteiger partial charge in [-0.05, 0) is 44.9 Å². The summed E-state index contributed by atoms with van der Waals surface area (Å²) in [7, 11) is 0. The van der Waals surface area contributed by atoms with Crippen LogP contribution in [0.1, 0.15) is 39.0 Å². The van der Waals surface area contributed by atoms with Crippen LogP contribution in [0, 0.1) is 5.92 Å². The first kappa shape index (κ1) is 12.2. The Morgan fingerprint density at radius 3 is 3.13 bits per heavy atom. The summed E-state index contributed by atoms with van der Waals surface area (Å²) in [5, 5.41) is 8.77. The maximum Gasteiger partial charge on any atom is 0.330 e. The minimum absolute atomic E-state index is 0.219. The number of hydrogen-bond donors (Lipinski definition) is 1. The average molecular weight is 212 g/mol. The number of allylic oxidation sites excluding steroid dienone is 1. The molecule has 1 rings (SSSR count). The highest BCUT2D eigenvalue weighted by Gasteiger charge is 2.21. The molecule has 1 N–H and O–H groups in total. The largest absolute Gasteiger partial charge is 0.463 e. The van der Waals surface area contributed by atoms with Gasteiger partial charge in [-0.2, -0.15) is 0 Å². The van der Waals surface area contributed by atoms with Crippen molar-refractivity contribution in [3.63, 3.8) is 0 Å². The van der Waals surface area contributed by atoms with Gasteiger partial charge in [0.1, 0.15) is 0 Å². The molecule has 0 saturated heterocycles. The van der Waals surface area contributed by atoms with Gasteiger partial charge in [0.05, 0.1) is 6.61 Å². The molecule has 1 atom stereocenters. The topological polar surface area (TPSA) is 46.5 Å². The van der Waals surface area contributed by atoms with Gasteiger partial charge < -0.3 is 9.84 Å². The molecule has 1 fully saturated rings. The van der Waals surface area contributed by atoms with Crippen LogP contribution < -0.4 is 0 Å². The van der Waals surface area contributed by atoms with Gasteiger partial charge in [0, 0.05) is 12.7 Å². The monoisotopic (exact) mass is 212 g/mol. The SMILES string of the molecule is CCOC(=O)/C=C1\CCCC1CCCO. The van der Waals surface area contributed by atoms with Crippen LogP contribution >= 0.6 is 0 Å². The molecule has 0 bridgehead atoms. The summed E-state index contributed by atoms with van der Waals surface area (Å²) < 4.78 is 4.89. The summed E-state index contributed by atoms with van der Waals surface area (Å²) in [6, 6.07) is 0. The Hall–Kier alpha value is -0.830. The molecule has 1 saturated carbocycles. The normalized spacial score (nSPS) is 23.3. The van der Waals surface area contributed by atoms with Gasteiger partial charge in [-0.25, -0.2) is 4.79 Å². The molecule has 3 heteroatoms. The molecule has 0 aliphatic heterocycles. The van der Waals surface area contributed by atoms with Crippen LogP contribution in [0.25, 0.3) is 0 Å². The van der Waals surface area contributed by atoms with E-state index in [4.69, 9.17) is 9.84 Å². The fraction of sp³-hybridized carbons (Fsp3) is 0.750. The van der Waals surface area contributed by atoms with Crippen LogP contribution in [0.15, 0.2) is 11.6 Å². The summed E-state index contributed by atoms with van der Waals surface area (Å²) in [6.45, 7) is 2.49. The standard InChI is InChI=1S/C12H20O3/c1-2-15-12(14)9-11-6-3-5-10(11)7-4-8-13/h9-10,13H,2-8H2,1H3/b11-9+. The molecule has 0 heterocycles. The van der Waals surface area contributed by atoms with E-state index in [0.717, 1.165) is 32.1 Å². The zero-order chi connectivity index (χ0) is 11.1. The smallest absolute Gasteiger partial charge is 0.330 e. The quantitative estimate of drug-likeness (QED) is 0.560. The predicted molar refractivity (Wildman–Crippen MR) is 58.4 cm³/mol. The highest BCUT2D eigenvalue weighted by Crippen LogP contribution is 2.34. The molecule has 1 aliphatic rings. The van der Waals surface area contributed by atoms with E-state index in [1.54, 1.807) is 6.08 Å². The number of carbonyl (C=O) groups excluding carboxylic acids is 1. The summed E-state index contributed by atoms with van der Waals surface area (Å²) in [6.07, 6.45) is 6.77. The number of aliphatic hydroxyl groups excluding tert-OH is 1. The molecule has 15 heavy (non-hydrogen) atoms. The van der Waals surface area contributed by atoms with Gasteiger partial charge in [-0.15, -0.1) is 0 Å². The number of rotatable bonds is 5. The van der Waals surface area contributed by atoms with Crippen LogP contribution in [0.4, 0.5) is 0 Å². The third kappa shape index (κ3) is 4.04. The molecule has 3 nitrogen and oxygen atoms in total. The van der Waals surface area contributed by atoms with Gasteiger partial charge in [-0.1, -0.05) is 5.57 Å². The molecule has 1 unspecified atom stereocenters. The van der Waals surface area contributed by atoms with Crippen molar-refractivity contribution in [1.29, 1.82) is 0 Å². The van der Waals surface area contributed by atoms with Crippen molar-refractivity contribution in [1.82, 2.24) is 0 Å². The summed E-state index contributed by atoms with van der Waals surface area (Å²) >= 11 is 0. The highest BCUT2D eigenvalue weighted by molar-refractivity contribution is 5.82. The average Bonchev–Trinajstić information content (AvgIpc) is 2.63. The van der Waals surface area contributed by atoms with E-state index in [-0.39, 0.29) is 12.6 Å². The molecule has 0 aromatic heterocycles. The molecule has 0 amide bonds. The molecule has 0 radical (unpaired) electrons. The summed E-state index contributed by atoms with van der Waals surface area (Å²) in [4.78, 5) is 11.3. The van der Waals surface area contributed by atoms with Gasteiger partial charge in [-0.3, -0.25) is 0 Å². The number of carbonyl (C=O) groups is 1. The van der Waals surface area contributed by atoms with Crippen LogP contribution in [-0.4, -0.2) is 24.3 Å².